The lowest BCUT2D eigenvalue weighted by Crippen LogP contribution is -2.42. The number of carbonyl (C=O) groups excluding carboxylic acids is 2. The van der Waals surface area contributed by atoms with Crippen LogP contribution in [-0.2, 0) is 9.59 Å². The van der Waals surface area contributed by atoms with Crippen molar-refractivity contribution in [3.05, 3.63) is 42.2 Å². The van der Waals surface area contributed by atoms with Crippen molar-refractivity contribution in [2.45, 2.75) is 20.8 Å². The third kappa shape index (κ3) is 6.29. The summed E-state index contributed by atoms with van der Waals surface area (Å²) >= 11 is 0. The lowest BCUT2D eigenvalue weighted by Gasteiger charge is -2.24. The van der Waals surface area contributed by atoms with Gasteiger partial charge >= 0.3 is 0 Å². The number of rotatable bonds is 8. The molecule has 0 atom stereocenters. The van der Waals surface area contributed by atoms with Crippen LogP contribution in [0.25, 0.3) is 0 Å². The molecule has 1 N–H and O–H groups in total. The van der Waals surface area contributed by atoms with Crippen molar-refractivity contribution in [3.63, 3.8) is 0 Å². The van der Waals surface area contributed by atoms with Gasteiger partial charge in [0.15, 0.2) is 12.4 Å². The molecule has 2 amide bonds. The zero-order valence-electron chi connectivity index (χ0n) is 14.7. The number of nitrogens with one attached hydrogen (secondary N) is 1. The van der Waals surface area contributed by atoms with Gasteiger partial charge < -0.3 is 19.5 Å². The third-order valence-corrected chi connectivity index (χ3v) is 3.27. The lowest BCUT2D eigenvalue weighted by atomic mass is 10.2. The number of aromatic nitrogens is 1. The number of benzene rings is 1. The molecule has 0 saturated heterocycles. The van der Waals surface area contributed by atoms with E-state index in [1.807, 2.05) is 32.0 Å². The highest BCUT2D eigenvalue weighted by atomic mass is 16.5. The first-order chi connectivity index (χ1) is 11.9. The molecule has 0 aliphatic rings. The molecule has 2 aromatic rings. The van der Waals surface area contributed by atoms with Crippen LogP contribution >= 0.6 is 0 Å². The van der Waals surface area contributed by atoms with Gasteiger partial charge in [-0.15, -0.1) is 0 Å². The fraction of sp³-hybridized carbons (Fsp3) is 0.389. The van der Waals surface area contributed by atoms with E-state index in [1.165, 1.54) is 4.90 Å². The van der Waals surface area contributed by atoms with E-state index in [0.29, 0.717) is 23.9 Å². The molecular weight excluding hydrogens is 322 g/mol. The Hall–Kier alpha value is -2.83. The van der Waals surface area contributed by atoms with Gasteiger partial charge in [-0.1, -0.05) is 37.2 Å². The summed E-state index contributed by atoms with van der Waals surface area (Å²) in [6.07, 6.45) is 0. The quantitative estimate of drug-likeness (QED) is 0.794. The molecular formula is C18H23N3O4. The zero-order chi connectivity index (χ0) is 18.2. The molecule has 1 heterocycles. The van der Waals surface area contributed by atoms with Gasteiger partial charge in [0.2, 0.25) is 5.91 Å². The Morgan fingerprint density at radius 3 is 2.60 bits per heavy atom. The van der Waals surface area contributed by atoms with Crippen molar-refractivity contribution in [1.82, 2.24) is 10.1 Å². The third-order valence-electron chi connectivity index (χ3n) is 3.27. The van der Waals surface area contributed by atoms with E-state index in [0.717, 1.165) is 0 Å². The van der Waals surface area contributed by atoms with E-state index < -0.39 is 0 Å². The molecule has 0 fully saturated rings. The smallest absolute Gasteiger partial charge is 0.260 e. The van der Waals surface area contributed by atoms with Crippen LogP contribution in [0.4, 0.5) is 5.82 Å². The van der Waals surface area contributed by atoms with Gasteiger partial charge in [0.1, 0.15) is 18.1 Å². The first-order valence-corrected chi connectivity index (χ1v) is 8.13. The molecule has 1 aromatic heterocycles. The van der Waals surface area contributed by atoms with E-state index in [2.05, 4.69) is 10.5 Å². The van der Waals surface area contributed by atoms with Crippen molar-refractivity contribution >= 4 is 17.6 Å². The molecule has 7 nitrogen and oxygen atoms in total. The maximum absolute atomic E-state index is 12.4. The lowest BCUT2D eigenvalue weighted by molar-refractivity contribution is -0.137. The summed E-state index contributed by atoms with van der Waals surface area (Å²) in [6.45, 7) is 5.98. The largest absolute Gasteiger partial charge is 0.484 e. The Balaban J connectivity index is 1.92. The van der Waals surface area contributed by atoms with Crippen molar-refractivity contribution < 1.29 is 18.8 Å². The molecule has 2 rings (SSSR count). The maximum Gasteiger partial charge on any atom is 0.260 e. The molecule has 1 aromatic carbocycles. The average Bonchev–Trinajstić information content (AvgIpc) is 2.97. The Labute approximate surface area is 146 Å². The summed E-state index contributed by atoms with van der Waals surface area (Å²) < 4.78 is 10.4. The van der Waals surface area contributed by atoms with Crippen LogP contribution in [0.2, 0.25) is 0 Å². The van der Waals surface area contributed by atoms with Crippen molar-refractivity contribution in [1.29, 1.82) is 0 Å². The summed E-state index contributed by atoms with van der Waals surface area (Å²) in [5.74, 6) is 1.19. The van der Waals surface area contributed by atoms with Crippen molar-refractivity contribution in [2.75, 3.05) is 25.0 Å². The van der Waals surface area contributed by atoms with Gasteiger partial charge in [-0.3, -0.25) is 9.59 Å². The van der Waals surface area contributed by atoms with E-state index in [-0.39, 0.29) is 30.9 Å². The SMILES string of the molecule is Cc1cc(NC(=O)CN(CC(C)C)C(=O)COc2ccccc2)no1. The van der Waals surface area contributed by atoms with Crippen LogP contribution < -0.4 is 10.1 Å². The molecule has 0 unspecified atom stereocenters. The molecule has 0 spiro atoms. The molecule has 0 aliphatic heterocycles. The van der Waals surface area contributed by atoms with Crippen LogP contribution in [-0.4, -0.2) is 41.6 Å². The fourth-order valence-corrected chi connectivity index (χ4v) is 2.23. The van der Waals surface area contributed by atoms with Crippen LogP contribution in [0.15, 0.2) is 40.9 Å². The van der Waals surface area contributed by atoms with Gasteiger partial charge in [0.25, 0.3) is 5.91 Å². The van der Waals surface area contributed by atoms with Crippen LogP contribution in [0.1, 0.15) is 19.6 Å². The minimum atomic E-state index is -0.331. The van der Waals surface area contributed by atoms with Gasteiger partial charge in [0, 0.05) is 12.6 Å². The number of anilines is 1. The number of hydrogen-bond acceptors (Lipinski definition) is 5. The van der Waals surface area contributed by atoms with E-state index in [9.17, 15) is 9.59 Å². The van der Waals surface area contributed by atoms with Crippen LogP contribution in [0.3, 0.4) is 0 Å². The van der Waals surface area contributed by atoms with E-state index >= 15 is 0 Å². The topological polar surface area (TPSA) is 84.7 Å². The predicted molar refractivity (Wildman–Crippen MR) is 93.2 cm³/mol. The Morgan fingerprint density at radius 1 is 1.28 bits per heavy atom. The molecule has 7 heteroatoms. The van der Waals surface area contributed by atoms with Crippen LogP contribution in [0, 0.1) is 12.8 Å². The number of ether oxygens (including phenoxy) is 1. The number of nitrogens with zero attached hydrogens (tertiary/aromatic N) is 2. The summed E-state index contributed by atoms with van der Waals surface area (Å²) in [6, 6.07) is 10.7. The summed E-state index contributed by atoms with van der Waals surface area (Å²) in [5, 5.41) is 6.33. The van der Waals surface area contributed by atoms with Gasteiger partial charge in [-0.05, 0) is 25.0 Å². The summed E-state index contributed by atoms with van der Waals surface area (Å²) in [7, 11) is 0. The van der Waals surface area contributed by atoms with E-state index in [1.54, 1.807) is 25.1 Å². The summed E-state index contributed by atoms with van der Waals surface area (Å²) in [4.78, 5) is 26.1. The molecule has 0 aliphatic carbocycles. The van der Waals surface area contributed by atoms with E-state index in [4.69, 9.17) is 9.26 Å². The van der Waals surface area contributed by atoms with Gasteiger partial charge in [0.05, 0.1) is 0 Å². The second kappa shape index (κ2) is 8.86. The minimum absolute atomic E-state index is 0.0684. The molecule has 0 saturated carbocycles. The zero-order valence-corrected chi connectivity index (χ0v) is 14.7. The standard InChI is InChI=1S/C18H23N3O4/c1-13(2)10-21(11-17(22)19-16-9-14(3)25-20-16)18(23)12-24-15-7-5-4-6-8-15/h4-9,13H,10-12H2,1-3H3,(H,19,20,22). The second-order valence-corrected chi connectivity index (χ2v) is 6.14. The Morgan fingerprint density at radius 2 is 2.00 bits per heavy atom. The van der Waals surface area contributed by atoms with Crippen molar-refractivity contribution in [3.8, 4) is 5.75 Å². The number of carbonyl (C=O) groups is 2. The molecule has 25 heavy (non-hydrogen) atoms. The highest BCUT2D eigenvalue weighted by Gasteiger charge is 2.19. The average molecular weight is 345 g/mol. The van der Waals surface area contributed by atoms with Gasteiger partial charge in [-0.25, -0.2) is 0 Å². The van der Waals surface area contributed by atoms with Gasteiger partial charge in [-0.2, -0.15) is 0 Å². The maximum atomic E-state index is 12.4. The molecule has 0 radical (unpaired) electrons. The summed E-state index contributed by atoms with van der Waals surface area (Å²) in [5.41, 5.74) is 0. The second-order valence-electron chi connectivity index (χ2n) is 6.14. The minimum Gasteiger partial charge on any atom is -0.484 e. The Kier molecular flexibility index (Phi) is 6.56. The fourth-order valence-electron chi connectivity index (χ4n) is 2.23. The van der Waals surface area contributed by atoms with Crippen LogP contribution in [0.5, 0.6) is 5.75 Å². The first kappa shape index (κ1) is 18.5. The highest BCUT2D eigenvalue weighted by Crippen LogP contribution is 2.10. The normalized spacial score (nSPS) is 10.6. The monoisotopic (exact) mass is 345 g/mol. The highest BCUT2D eigenvalue weighted by molar-refractivity contribution is 5.94. The number of hydrogen-bond donors (Lipinski definition) is 1. The number of amides is 2. The number of para-hydroxylation sites is 1. The first-order valence-electron chi connectivity index (χ1n) is 8.13. The molecule has 0 bridgehead atoms. The Bertz CT molecular complexity index is 697. The number of aryl methyl sites for hydroxylation is 1. The van der Waals surface area contributed by atoms with Crippen molar-refractivity contribution in [2.24, 2.45) is 5.92 Å². The predicted octanol–water partition coefficient (Wildman–Crippen LogP) is 2.49. The molecule has 134 valence electrons.